The van der Waals surface area contributed by atoms with Crippen LogP contribution in [0.4, 0.5) is 13.2 Å². The molecule has 3 aromatic rings. The van der Waals surface area contributed by atoms with Crippen LogP contribution in [0.2, 0.25) is 5.02 Å². The van der Waals surface area contributed by atoms with E-state index in [-0.39, 0.29) is 42.2 Å². The maximum Gasteiger partial charge on any atom is 0.416 e. The standard InChI is InChI=1S/C26H28ClF3N4O2.ClH/c1-31-10-11-32-24(35)16-34-15-21(20-7-6-18(27)14-23(20)34)25(36)33-12-8-17(9-13-33)19-4-2-3-5-22(19)26(28,29)30;/h2-7,14-15,17,31H,8-13,16H2,1H3,(H,32,35);1H. The Kier molecular flexibility index (Phi) is 9.50. The minimum absolute atomic E-state index is 0. The number of alkyl halides is 3. The Morgan fingerprint density at radius 1 is 1.08 bits per heavy atom. The molecule has 0 radical (unpaired) electrons. The van der Waals surface area contributed by atoms with Gasteiger partial charge in [0.1, 0.15) is 6.54 Å². The number of likely N-dealkylation sites (tertiary alicyclic amines) is 1. The van der Waals surface area contributed by atoms with Crippen molar-refractivity contribution in [2.24, 2.45) is 0 Å². The molecule has 200 valence electrons. The maximum absolute atomic E-state index is 13.5. The summed E-state index contributed by atoms with van der Waals surface area (Å²) >= 11 is 6.19. The van der Waals surface area contributed by atoms with Gasteiger partial charge in [0.15, 0.2) is 0 Å². The summed E-state index contributed by atoms with van der Waals surface area (Å²) in [5, 5.41) is 6.94. The van der Waals surface area contributed by atoms with Crippen molar-refractivity contribution in [1.29, 1.82) is 0 Å². The average Bonchev–Trinajstić information content (AvgIpc) is 3.20. The first-order valence-electron chi connectivity index (χ1n) is 11.8. The van der Waals surface area contributed by atoms with Gasteiger partial charge in [-0.15, -0.1) is 12.4 Å². The third kappa shape index (κ3) is 6.58. The molecule has 1 aliphatic rings. The highest BCUT2D eigenvalue weighted by Gasteiger charge is 2.36. The number of carbonyl (C=O) groups is 2. The van der Waals surface area contributed by atoms with Crippen LogP contribution in [0.15, 0.2) is 48.7 Å². The summed E-state index contributed by atoms with van der Waals surface area (Å²) in [6.07, 6.45) is -1.87. The molecule has 1 aromatic heterocycles. The molecule has 2 heterocycles. The second kappa shape index (κ2) is 12.2. The number of hydrogen-bond donors (Lipinski definition) is 2. The quantitative estimate of drug-likeness (QED) is 0.398. The zero-order chi connectivity index (χ0) is 25.9. The number of fused-ring (bicyclic) bond motifs is 1. The van der Waals surface area contributed by atoms with Crippen LogP contribution in [0.5, 0.6) is 0 Å². The van der Waals surface area contributed by atoms with E-state index in [1.807, 2.05) is 0 Å². The largest absolute Gasteiger partial charge is 0.416 e. The van der Waals surface area contributed by atoms with Gasteiger partial charge in [0, 0.05) is 42.8 Å². The number of piperidine rings is 1. The van der Waals surface area contributed by atoms with Crippen molar-refractivity contribution in [2.75, 3.05) is 33.2 Å². The van der Waals surface area contributed by atoms with Crippen molar-refractivity contribution < 1.29 is 22.8 Å². The summed E-state index contributed by atoms with van der Waals surface area (Å²) in [7, 11) is 1.80. The fourth-order valence-electron chi connectivity index (χ4n) is 4.78. The molecular weight excluding hydrogens is 528 g/mol. The van der Waals surface area contributed by atoms with Gasteiger partial charge >= 0.3 is 6.18 Å². The Hall–Kier alpha value is -2.75. The number of halogens is 5. The lowest BCUT2D eigenvalue weighted by Gasteiger charge is -2.33. The van der Waals surface area contributed by atoms with E-state index in [0.29, 0.717) is 60.5 Å². The molecular formula is C26H29Cl2F3N4O2. The van der Waals surface area contributed by atoms with E-state index >= 15 is 0 Å². The normalized spacial score (nSPS) is 14.5. The molecule has 1 aliphatic heterocycles. The highest BCUT2D eigenvalue weighted by molar-refractivity contribution is 6.31. The van der Waals surface area contributed by atoms with Crippen LogP contribution in [0, 0.1) is 0 Å². The van der Waals surface area contributed by atoms with Crippen molar-refractivity contribution in [3.8, 4) is 0 Å². The summed E-state index contributed by atoms with van der Waals surface area (Å²) in [6.45, 7) is 1.84. The highest BCUT2D eigenvalue weighted by atomic mass is 35.5. The molecule has 0 spiro atoms. The Morgan fingerprint density at radius 3 is 2.46 bits per heavy atom. The van der Waals surface area contributed by atoms with Gasteiger partial charge in [-0.1, -0.05) is 35.9 Å². The molecule has 0 bridgehead atoms. The number of nitrogens with zero attached hydrogens (tertiary/aromatic N) is 2. The monoisotopic (exact) mass is 556 g/mol. The Bertz CT molecular complexity index is 1250. The van der Waals surface area contributed by atoms with E-state index in [1.54, 1.807) is 47.0 Å². The second-order valence-corrected chi connectivity index (χ2v) is 9.37. The Morgan fingerprint density at radius 2 is 1.78 bits per heavy atom. The van der Waals surface area contributed by atoms with Crippen LogP contribution in [-0.2, 0) is 17.5 Å². The number of nitrogens with one attached hydrogen (secondary N) is 2. The van der Waals surface area contributed by atoms with Crippen molar-refractivity contribution >= 4 is 46.7 Å². The predicted molar refractivity (Wildman–Crippen MR) is 140 cm³/mol. The topological polar surface area (TPSA) is 66.4 Å². The van der Waals surface area contributed by atoms with Crippen LogP contribution in [0.3, 0.4) is 0 Å². The van der Waals surface area contributed by atoms with Crippen molar-refractivity contribution in [2.45, 2.75) is 31.5 Å². The lowest BCUT2D eigenvalue weighted by molar-refractivity contribution is -0.138. The van der Waals surface area contributed by atoms with Gasteiger partial charge in [-0.05, 0) is 49.6 Å². The summed E-state index contributed by atoms with van der Waals surface area (Å²) in [6, 6.07) is 10.8. The molecule has 0 unspecified atom stereocenters. The number of carbonyl (C=O) groups excluding carboxylic acids is 2. The molecule has 0 atom stereocenters. The molecule has 2 amide bonds. The minimum Gasteiger partial charge on any atom is -0.353 e. The number of rotatable bonds is 7. The number of amides is 2. The molecule has 0 saturated carbocycles. The molecule has 1 saturated heterocycles. The van der Waals surface area contributed by atoms with Crippen LogP contribution < -0.4 is 10.6 Å². The Balaban J connectivity index is 0.00000380. The summed E-state index contributed by atoms with van der Waals surface area (Å²) in [4.78, 5) is 27.5. The van der Waals surface area contributed by atoms with Crippen LogP contribution in [0.1, 0.15) is 40.2 Å². The van der Waals surface area contributed by atoms with Gasteiger partial charge in [0.05, 0.1) is 16.6 Å². The summed E-state index contributed by atoms with van der Waals surface area (Å²) in [5.41, 5.74) is 0.790. The van der Waals surface area contributed by atoms with Gasteiger partial charge in [-0.2, -0.15) is 13.2 Å². The van der Waals surface area contributed by atoms with E-state index in [0.717, 1.165) is 6.07 Å². The van der Waals surface area contributed by atoms with Gasteiger partial charge in [-0.25, -0.2) is 0 Å². The van der Waals surface area contributed by atoms with Crippen molar-refractivity contribution in [3.05, 3.63) is 70.4 Å². The third-order valence-electron chi connectivity index (χ3n) is 6.57. The second-order valence-electron chi connectivity index (χ2n) is 8.94. The molecule has 0 aliphatic carbocycles. The molecule has 1 fully saturated rings. The number of aromatic nitrogens is 1. The first kappa shape index (κ1) is 28.8. The van der Waals surface area contributed by atoms with Gasteiger partial charge in [0.2, 0.25) is 5.91 Å². The first-order valence-corrected chi connectivity index (χ1v) is 12.2. The van der Waals surface area contributed by atoms with Crippen molar-refractivity contribution in [3.63, 3.8) is 0 Å². The Labute approximate surface area is 224 Å². The fraction of sp³-hybridized carbons (Fsp3) is 0.385. The van der Waals surface area contributed by atoms with E-state index in [1.165, 1.54) is 12.1 Å². The smallest absolute Gasteiger partial charge is 0.353 e. The van der Waals surface area contributed by atoms with E-state index < -0.39 is 11.7 Å². The molecule has 11 heteroatoms. The number of benzene rings is 2. The number of likely N-dealkylation sites (N-methyl/N-ethyl adjacent to an activating group) is 1. The van der Waals surface area contributed by atoms with Crippen LogP contribution in [0.25, 0.3) is 10.9 Å². The molecule has 37 heavy (non-hydrogen) atoms. The van der Waals surface area contributed by atoms with Crippen molar-refractivity contribution in [1.82, 2.24) is 20.1 Å². The van der Waals surface area contributed by atoms with E-state index in [9.17, 15) is 22.8 Å². The predicted octanol–water partition coefficient (Wildman–Crippen LogP) is 5.09. The zero-order valence-electron chi connectivity index (χ0n) is 20.3. The molecule has 4 rings (SSSR count). The fourth-order valence-corrected chi connectivity index (χ4v) is 4.95. The maximum atomic E-state index is 13.5. The minimum atomic E-state index is -4.41. The lowest BCUT2D eigenvalue weighted by atomic mass is 9.86. The van der Waals surface area contributed by atoms with Gasteiger partial charge < -0.3 is 20.1 Å². The van der Waals surface area contributed by atoms with Gasteiger partial charge in [-0.3, -0.25) is 9.59 Å². The number of hydrogen-bond acceptors (Lipinski definition) is 3. The zero-order valence-corrected chi connectivity index (χ0v) is 21.8. The third-order valence-corrected chi connectivity index (χ3v) is 6.81. The van der Waals surface area contributed by atoms with Crippen LogP contribution in [-0.4, -0.2) is 54.5 Å². The first-order chi connectivity index (χ1) is 17.2. The molecule has 6 nitrogen and oxygen atoms in total. The molecule has 2 aromatic carbocycles. The van der Waals surface area contributed by atoms with E-state index in [2.05, 4.69) is 10.6 Å². The van der Waals surface area contributed by atoms with E-state index in [4.69, 9.17) is 11.6 Å². The van der Waals surface area contributed by atoms with Gasteiger partial charge in [0.25, 0.3) is 5.91 Å². The average molecular weight is 557 g/mol. The SMILES string of the molecule is CNCCNC(=O)Cn1cc(C(=O)N2CCC(c3ccccc3C(F)(F)F)CC2)c2ccc(Cl)cc21.Cl. The summed E-state index contributed by atoms with van der Waals surface area (Å²) in [5.74, 6) is -0.669. The lowest BCUT2D eigenvalue weighted by Crippen LogP contribution is -2.38. The van der Waals surface area contributed by atoms with Crippen LogP contribution >= 0.6 is 24.0 Å². The summed E-state index contributed by atoms with van der Waals surface area (Å²) < 4.78 is 42.1. The highest BCUT2D eigenvalue weighted by Crippen LogP contribution is 2.39. The molecule has 2 N–H and O–H groups in total.